The summed E-state index contributed by atoms with van der Waals surface area (Å²) in [6.07, 6.45) is 7.02. The van der Waals surface area contributed by atoms with Gasteiger partial charge in [0, 0.05) is 18.6 Å². The highest BCUT2D eigenvalue weighted by Crippen LogP contribution is 2.27. The maximum Gasteiger partial charge on any atom is 0.407 e. The lowest BCUT2D eigenvalue weighted by atomic mass is 9.95. The molecule has 1 aliphatic rings. The van der Waals surface area contributed by atoms with E-state index in [9.17, 15) is 4.79 Å². The first-order chi connectivity index (χ1) is 10.7. The van der Waals surface area contributed by atoms with Crippen LogP contribution in [0.5, 0.6) is 0 Å². The third-order valence-electron chi connectivity index (χ3n) is 4.89. The second kappa shape index (κ2) is 9.51. The van der Waals surface area contributed by atoms with Crippen LogP contribution in [0.4, 0.5) is 4.79 Å². The van der Waals surface area contributed by atoms with Crippen molar-refractivity contribution in [1.82, 2.24) is 10.6 Å². The molecule has 0 aliphatic heterocycles. The Kier molecular flexibility index (Phi) is 8.38. The zero-order valence-electron chi connectivity index (χ0n) is 16.1. The van der Waals surface area contributed by atoms with Gasteiger partial charge in [0.15, 0.2) is 0 Å². The Labute approximate surface area is 143 Å². The highest BCUT2D eigenvalue weighted by Gasteiger charge is 2.29. The van der Waals surface area contributed by atoms with E-state index in [0.717, 1.165) is 5.92 Å². The monoisotopic (exact) mass is 326 g/mol. The highest BCUT2D eigenvalue weighted by molar-refractivity contribution is 5.67. The summed E-state index contributed by atoms with van der Waals surface area (Å²) in [5, 5.41) is 6.81. The maximum absolute atomic E-state index is 11.8. The molecule has 1 amide bonds. The quantitative estimate of drug-likeness (QED) is 0.691. The largest absolute Gasteiger partial charge is 0.444 e. The lowest BCUT2D eigenvalue weighted by Gasteiger charge is -2.28. The second-order valence-electron chi connectivity index (χ2n) is 8.20. The van der Waals surface area contributed by atoms with Crippen molar-refractivity contribution < 1.29 is 9.53 Å². The summed E-state index contributed by atoms with van der Waals surface area (Å²) in [6.45, 7) is 13.3. The van der Waals surface area contributed by atoms with E-state index in [1.807, 2.05) is 20.8 Å². The molecule has 0 spiro atoms. The third kappa shape index (κ3) is 8.05. The van der Waals surface area contributed by atoms with Gasteiger partial charge < -0.3 is 15.4 Å². The fraction of sp³-hybridized carbons (Fsp3) is 0.947. The Morgan fingerprint density at radius 3 is 2.48 bits per heavy atom. The molecule has 2 N–H and O–H groups in total. The standard InChI is InChI=1S/C19H38N2O2/c1-7-14(3)12-16(8-2)21-17-11-9-10-15(17)13-20-18(22)23-19(4,5)6/h14-17,21H,7-13H2,1-6H3,(H,20,22). The van der Waals surface area contributed by atoms with Crippen LogP contribution < -0.4 is 10.6 Å². The average molecular weight is 327 g/mol. The van der Waals surface area contributed by atoms with E-state index in [1.54, 1.807) is 0 Å². The molecule has 0 radical (unpaired) electrons. The number of hydrogen-bond acceptors (Lipinski definition) is 3. The average Bonchev–Trinajstić information content (AvgIpc) is 2.89. The molecule has 0 aromatic carbocycles. The van der Waals surface area contributed by atoms with Gasteiger partial charge in [-0.3, -0.25) is 0 Å². The topological polar surface area (TPSA) is 50.4 Å². The summed E-state index contributed by atoms with van der Waals surface area (Å²) < 4.78 is 5.33. The van der Waals surface area contributed by atoms with E-state index < -0.39 is 5.60 Å². The summed E-state index contributed by atoms with van der Waals surface area (Å²) in [4.78, 5) is 11.8. The van der Waals surface area contributed by atoms with Crippen molar-refractivity contribution in [2.45, 2.75) is 97.8 Å². The zero-order valence-corrected chi connectivity index (χ0v) is 16.1. The van der Waals surface area contributed by atoms with Crippen molar-refractivity contribution in [1.29, 1.82) is 0 Å². The summed E-state index contributed by atoms with van der Waals surface area (Å²) in [5.41, 5.74) is -0.430. The molecular weight excluding hydrogens is 288 g/mol. The first kappa shape index (κ1) is 20.3. The van der Waals surface area contributed by atoms with Crippen molar-refractivity contribution in [3.05, 3.63) is 0 Å². The fourth-order valence-electron chi connectivity index (χ4n) is 3.34. The smallest absolute Gasteiger partial charge is 0.407 e. The predicted octanol–water partition coefficient (Wildman–Crippen LogP) is 4.48. The van der Waals surface area contributed by atoms with E-state index in [2.05, 4.69) is 31.4 Å². The van der Waals surface area contributed by atoms with E-state index in [-0.39, 0.29) is 6.09 Å². The van der Waals surface area contributed by atoms with Gasteiger partial charge >= 0.3 is 6.09 Å². The molecule has 0 heterocycles. The number of hydrogen-bond donors (Lipinski definition) is 2. The van der Waals surface area contributed by atoms with E-state index in [4.69, 9.17) is 4.74 Å². The van der Waals surface area contributed by atoms with Crippen LogP contribution in [-0.2, 0) is 4.74 Å². The Balaban J connectivity index is 2.42. The Morgan fingerprint density at radius 2 is 1.91 bits per heavy atom. The molecule has 1 fully saturated rings. The first-order valence-electron chi connectivity index (χ1n) is 9.48. The molecule has 1 rings (SSSR count). The number of carbonyl (C=O) groups is 1. The zero-order chi connectivity index (χ0) is 17.5. The molecule has 136 valence electrons. The Bertz CT molecular complexity index is 352. The van der Waals surface area contributed by atoms with Crippen molar-refractivity contribution in [3.63, 3.8) is 0 Å². The molecule has 4 nitrogen and oxygen atoms in total. The minimum atomic E-state index is -0.430. The normalized spacial score (nSPS) is 24.3. The number of nitrogens with one attached hydrogen (secondary N) is 2. The lowest BCUT2D eigenvalue weighted by Crippen LogP contribution is -2.45. The van der Waals surface area contributed by atoms with Crippen LogP contribution in [0.3, 0.4) is 0 Å². The molecule has 4 unspecified atom stereocenters. The van der Waals surface area contributed by atoms with Crippen LogP contribution in [0.1, 0.15) is 80.1 Å². The molecule has 1 aliphatic carbocycles. The molecule has 0 bridgehead atoms. The predicted molar refractivity (Wildman–Crippen MR) is 96.7 cm³/mol. The number of ether oxygens (including phenoxy) is 1. The minimum absolute atomic E-state index is 0.296. The number of carbonyl (C=O) groups excluding carboxylic acids is 1. The van der Waals surface area contributed by atoms with Gasteiger partial charge in [0.05, 0.1) is 0 Å². The summed E-state index contributed by atoms with van der Waals surface area (Å²) in [6, 6.07) is 1.12. The van der Waals surface area contributed by atoms with Crippen LogP contribution in [0.25, 0.3) is 0 Å². The molecule has 0 aromatic rings. The van der Waals surface area contributed by atoms with Gasteiger partial charge in [-0.1, -0.05) is 33.6 Å². The lowest BCUT2D eigenvalue weighted by molar-refractivity contribution is 0.0517. The van der Waals surface area contributed by atoms with Gasteiger partial charge in [0.1, 0.15) is 5.60 Å². The Hall–Kier alpha value is -0.770. The molecule has 0 saturated heterocycles. The highest BCUT2D eigenvalue weighted by atomic mass is 16.6. The molecule has 0 aromatic heterocycles. The van der Waals surface area contributed by atoms with E-state index >= 15 is 0 Å². The number of amides is 1. The Morgan fingerprint density at radius 1 is 1.22 bits per heavy atom. The minimum Gasteiger partial charge on any atom is -0.444 e. The number of alkyl carbamates (subject to hydrolysis) is 1. The van der Waals surface area contributed by atoms with Gasteiger partial charge in [-0.25, -0.2) is 4.79 Å². The second-order valence-corrected chi connectivity index (χ2v) is 8.20. The maximum atomic E-state index is 11.8. The van der Waals surface area contributed by atoms with Crippen LogP contribution in [0.2, 0.25) is 0 Å². The first-order valence-corrected chi connectivity index (χ1v) is 9.48. The van der Waals surface area contributed by atoms with Crippen molar-refractivity contribution >= 4 is 6.09 Å². The summed E-state index contributed by atoms with van der Waals surface area (Å²) in [5.74, 6) is 1.29. The molecular formula is C19H38N2O2. The van der Waals surface area contributed by atoms with E-state index in [1.165, 1.54) is 38.5 Å². The number of rotatable bonds is 8. The van der Waals surface area contributed by atoms with Crippen LogP contribution in [-0.4, -0.2) is 30.3 Å². The molecule has 4 heteroatoms. The summed E-state index contributed by atoms with van der Waals surface area (Å²) >= 11 is 0. The summed E-state index contributed by atoms with van der Waals surface area (Å²) in [7, 11) is 0. The van der Waals surface area contributed by atoms with Crippen molar-refractivity contribution in [2.24, 2.45) is 11.8 Å². The van der Waals surface area contributed by atoms with Gasteiger partial charge in [0.2, 0.25) is 0 Å². The van der Waals surface area contributed by atoms with E-state index in [0.29, 0.717) is 24.5 Å². The van der Waals surface area contributed by atoms with Gasteiger partial charge in [-0.2, -0.15) is 0 Å². The van der Waals surface area contributed by atoms with Crippen molar-refractivity contribution in [3.8, 4) is 0 Å². The molecule has 4 atom stereocenters. The van der Waals surface area contributed by atoms with Crippen molar-refractivity contribution in [2.75, 3.05) is 6.54 Å². The van der Waals surface area contributed by atoms with Crippen LogP contribution in [0, 0.1) is 11.8 Å². The van der Waals surface area contributed by atoms with Gasteiger partial charge in [0.25, 0.3) is 0 Å². The van der Waals surface area contributed by atoms with Gasteiger partial charge in [-0.05, 0) is 58.3 Å². The molecule has 23 heavy (non-hydrogen) atoms. The molecule has 1 saturated carbocycles. The van der Waals surface area contributed by atoms with Gasteiger partial charge in [-0.15, -0.1) is 0 Å². The van der Waals surface area contributed by atoms with Crippen LogP contribution in [0.15, 0.2) is 0 Å². The SMILES string of the molecule is CCC(C)CC(CC)NC1CCCC1CNC(=O)OC(C)(C)C. The van der Waals surface area contributed by atoms with Crippen LogP contribution >= 0.6 is 0 Å². The fourth-order valence-corrected chi connectivity index (χ4v) is 3.34. The third-order valence-corrected chi connectivity index (χ3v) is 4.89.